The molecule has 1 fully saturated rings. The number of thiazole rings is 1. The van der Waals surface area contributed by atoms with Crippen molar-refractivity contribution in [1.82, 2.24) is 15.6 Å². The van der Waals surface area contributed by atoms with E-state index in [1.165, 1.54) is 16.9 Å². The number of rotatable bonds is 8. The third-order valence-electron chi connectivity index (χ3n) is 6.62. The van der Waals surface area contributed by atoms with Crippen molar-refractivity contribution >= 4 is 23.2 Å². The predicted molar refractivity (Wildman–Crippen MR) is 146 cm³/mol. The van der Waals surface area contributed by atoms with E-state index in [4.69, 9.17) is 9.47 Å². The van der Waals surface area contributed by atoms with Crippen LogP contribution in [0.4, 0.5) is 0 Å². The first-order valence-corrected chi connectivity index (χ1v) is 13.5. The summed E-state index contributed by atoms with van der Waals surface area (Å²) in [6.45, 7) is 6.69. The van der Waals surface area contributed by atoms with Crippen molar-refractivity contribution < 1.29 is 19.1 Å². The Bertz CT molecular complexity index is 1220. The number of nitrogens with one attached hydrogen (secondary N) is 2. The summed E-state index contributed by atoms with van der Waals surface area (Å²) in [6, 6.07) is 14.9. The maximum absolute atomic E-state index is 13.0. The topological polar surface area (TPSA) is 89.6 Å². The van der Waals surface area contributed by atoms with Crippen molar-refractivity contribution in [1.29, 1.82) is 0 Å². The van der Waals surface area contributed by atoms with E-state index in [-0.39, 0.29) is 35.9 Å². The van der Waals surface area contributed by atoms with Crippen molar-refractivity contribution in [3.63, 3.8) is 0 Å². The molecule has 8 heteroatoms. The lowest BCUT2D eigenvalue weighted by Crippen LogP contribution is -2.53. The second-order valence-corrected chi connectivity index (χ2v) is 11.3. The van der Waals surface area contributed by atoms with Crippen LogP contribution in [0, 0.1) is 0 Å². The van der Waals surface area contributed by atoms with Crippen molar-refractivity contribution in [2.75, 3.05) is 7.11 Å². The molecule has 0 saturated heterocycles. The van der Waals surface area contributed by atoms with Gasteiger partial charge in [-0.25, -0.2) is 4.98 Å². The van der Waals surface area contributed by atoms with E-state index in [0.717, 1.165) is 25.7 Å². The summed E-state index contributed by atoms with van der Waals surface area (Å²) in [5, 5.41) is 8.69. The normalized spacial score (nSPS) is 17.6. The number of amides is 2. The van der Waals surface area contributed by atoms with Gasteiger partial charge >= 0.3 is 0 Å². The maximum Gasteiger partial charge on any atom is 0.271 e. The van der Waals surface area contributed by atoms with Crippen LogP contribution in [0.2, 0.25) is 0 Å². The number of hydrogen-bond acceptors (Lipinski definition) is 6. The lowest BCUT2D eigenvalue weighted by molar-refractivity contribution is 0.0860. The molecular formula is C29H35N3O4S. The van der Waals surface area contributed by atoms with Crippen LogP contribution in [-0.2, 0) is 12.0 Å². The zero-order chi connectivity index (χ0) is 26.4. The number of aromatic nitrogens is 1. The quantitative estimate of drug-likeness (QED) is 0.409. The first-order valence-electron chi connectivity index (χ1n) is 12.7. The maximum atomic E-state index is 13.0. The van der Waals surface area contributed by atoms with Crippen molar-refractivity contribution in [3.05, 3.63) is 75.7 Å². The Hall–Kier alpha value is -3.39. The van der Waals surface area contributed by atoms with Crippen LogP contribution in [0.25, 0.3) is 0 Å². The van der Waals surface area contributed by atoms with Gasteiger partial charge in [-0.3, -0.25) is 9.59 Å². The summed E-state index contributed by atoms with van der Waals surface area (Å²) in [5.41, 5.74) is 2.20. The Morgan fingerprint density at radius 1 is 0.946 bits per heavy atom. The van der Waals surface area contributed by atoms with E-state index in [1.54, 1.807) is 12.5 Å². The van der Waals surface area contributed by atoms with Gasteiger partial charge in [-0.2, -0.15) is 0 Å². The summed E-state index contributed by atoms with van der Waals surface area (Å²) in [6.07, 6.45) is 3.66. The van der Waals surface area contributed by atoms with Crippen LogP contribution >= 0.6 is 11.3 Å². The number of hydrogen-bond donors (Lipinski definition) is 2. The van der Waals surface area contributed by atoms with Crippen LogP contribution in [0.3, 0.4) is 0 Å². The first kappa shape index (κ1) is 26.7. The fourth-order valence-corrected chi connectivity index (χ4v) is 5.14. The van der Waals surface area contributed by atoms with Gasteiger partial charge < -0.3 is 20.1 Å². The third-order valence-corrected chi connectivity index (χ3v) is 7.44. The van der Waals surface area contributed by atoms with Crippen LogP contribution in [0.5, 0.6) is 11.5 Å². The Morgan fingerprint density at radius 3 is 2.19 bits per heavy atom. The molecule has 7 nitrogen and oxygen atoms in total. The Kier molecular flexibility index (Phi) is 8.48. The molecule has 2 aromatic carbocycles. The molecule has 37 heavy (non-hydrogen) atoms. The number of carbonyl (C=O) groups excluding carboxylic acids is 2. The lowest BCUT2D eigenvalue weighted by atomic mass is 9.86. The first-order chi connectivity index (χ1) is 17.7. The highest BCUT2D eigenvalue weighted by Gasteiger charge is 2.29. The molecule has 1 aliphatic carbocycles. The molecule has 0 unspecified atom stereocenters. The number of ether oxygens (including phenoxy) is 2. The largest absolute Gasteiger partial charge is 0.493 e. The van der Waals surface area contributed by atoms with E-state index in [0.29, 0.717) is 27.8 Å². The fraction of sp³-hybridized carbons (Fsp3) is 0.414. The molecule has 0 aliphatic heterocycles. The standard InChI is InChI=1S/C29H35N3O4S/c1-29(2,3)20-15-13-19(14-16-20)27(33)31-21-9-5-6-10-22(21)32-28(34)23-18-37-26(30-23)17-36-25-12-8-7-11-24(25)35-4/h7-8,11-16,18,21-22H,5-6,9-10,17H2,1-4H3,(H,31,33)(H,32,34)/t21-,22-/m0/s1. The number of benzene rings is 2. The minimum Gasteiger partial charge on any atom is -0.493 e. The zero-order valence-electron chi connectivity index (χ0n) is 21.9. The summed E-state index contributed by atoms with van der Waals surface area (Å²) in [5.74, 6) is 0.920. The third kappa shape index (κ3) is 6.89. The van der Waals surface area contributed by atoms with Gasteiger partial charge in [-0.05, 0) is 48.1 Å². The summed E-state index contributed by atoms with van der Waals surface area (Å²) in [4.78, 5) is 30.4. The monoisotopic (exact) mass is 521 g/mol. The molecule has 0 spiro atoms. The molecule has 3 aromatic rings. The molecule has 4 rings (SSSR count). The van der Waals surface area contributed by atoms with Crippen molar-refractivity contribution in [2.45, 2.75) is 70.6 Å². The molecule has 2 N–H and O–H groups in total. The SMILES string of the molecule is COc1ccccc1OCc1nc(C(=O)N[C@H]2CCCC[C@@H]2NC(=O)c2ccc(C(C)(C)C)cc2)cs1. The molecular weight excluding hydrogens is 486 g/mol. The minimum absolute atomic E-state index is 0.0316. The Labute approximate surface area is 222 Å². The number of para-hydroxylation sites is 2. The van der Waals surface area contributed by atoms with Gasteiger partial charge in [0.2, 0.25) is 0 Å². The van der Waals surface area contributed by atoms with Gasteiger partial charge in [0.15, 0.2) is 11.5 Å². The van der Waals surface area contributed by atoms with Gasteiger partial charge in [-0.1, -0.05) is 57.9 Å². The van der Waals surface area contributed by atoms with Crippen LogP contribution < -0.4 is 20.1 Å². The molecule has 1 aromatic heterocycles. The Balaban J connectivity index is 1.35. The van der Waals surface area contributed by atoms with Gasteiger partial charge in [0.1, 0.15) is 17.3 Å². The van der Waals surface area contributed by atoms with E-state index >= 15 is 0 Å². The number of carbonyl (C=O) groups is 2. The molecule has 196 valence electrons. The molecule has 0 radical (unpaired) electrons. The lowest BCUT2D eigenvalue weighted by Gasteiger charge is -2.32. The molecule has 2 atom stereocenters. The smallest absolute Gasteiger partial charge is 0.271 e. The predicted octanol–water partition coefficient (Wildman–Crippen LogP) is 5.50. The average molecular weight is 522 g/mol. The summed E-state index contributed by atoms with van der Waals surface area (Å²) < 4.78 is 11.1. The van der Waals surface area contributed by atoms with E-state index in [2.05, 4.69) is 36.4 Å². The molecule has 1 aliphatic rings. The minimum atomic E-state index is -0.236. The van der Waals surface area contributed by atoms with Gasteiger partial charge in [-0.15, -0.1) is 11.3 Å². The Morgan fingerprint density at radius 2 is 1.57 bits per heavy atom. The van der Waals surface area contributed by atoms with E-state index < -0.39 is 0 Å². The van der Waals surface area contributed by atoms with Crippen LogP contribution in [-0.4, -0.2) is 36.0 Å². The second kappa shape index (κ2) is 11.8. The fourth-order valence-electron chi connectivity index (χ4n) is 4.45. The molecule has 0 bridgehead atoms. The van der Waals surface area contributed by atoms with Crippen LogP contribution in [0.1, 0.15) is 77.9 Å². The van der Waals surface area contributed by atoms with Crippen molar-refractivity contribution in [3.8, 4) is 11.5 Å². The molecule has 2 amide bonds. The highest BCUT2D eigenvalue weighted by Crippen LogP contribution is 2.27. The van der Waals surface area contributed by atoms with Gasteiger partial charge in [0.05, 0.1) is 7.11 Å². The van der Waals surface area contributed by atoms with E-state index in [1.807, 2.05) is 48.5 Å². The second-order valence-electron chi connectivity index (χ2n) is 10.3. The molecule has 1 heterocycles. The number of methoxy groups -OCH3 is 1. The van der Waals surface area contributed by atoms with E-state index in [9.17, 15) is 9.59 Å². The van der Waals surface area contributed by atoms with Gasteiger partial charge in [0, 0.05) is 23.0 Å². The summed E-state index contributed by atoms with van der Waals surface area (Å²) >= 11 is 1.38. The van der Waals surface area contributed by atoms with Crippen molar-refractivity contribution in [2.24, 2.45) is 0 Å². The highest BCUT2D eigenvalue weighted by atomic mass is 32.1. The average Bonchev–Trinajstić information content (AvgIpc) is 3.37. The molecule has 1 saturated carbocycles. The number of nitrogens with zero attached hydrogens (tertiary/aromatic N) is 1. The summed E-state index contributed by atoms with van der Waals surface area (Å²) in [7, 11) is 1.59. The van der Waals surface area contributed by atoms with Crippen LogP contribution in [0.15, 0.2) is 53.9 Å². The zero-order valence-corrected chi connectivity index (χ0v) is 22.7. The highest BCUT2D eigenvalue weighted by molar-refractivity contribution is 7.09. The van der Waals surface area contributed by atoms with Gasteiger partial charge in [0.25, 0.3) is 11.8 Å².